The van der Waals surface area contributed by atoms with Crippen LogP contribution in [0.1, 0.15) is 18.4 Å². The van der Waals surface area contributed by atoms with Gasteiger partial charge in [-0.2, -0.15) is 0 Å². The zero-order chi connectivity index (χ0) is 17.6. The van der Waals surface area contributed by atoms with E-state index in [1.807, 2.05) is 0 Å². The quantitative estimate of drug-likeness (QED) is 0.864. The third-order valence-electron chi connectivity index (χ3n) is 4.32. The number of carbonyl (C=O) groups excluding carboxylic acids is 1. The molecular weight excluding hydrogens is 320 g/mol. The van der Waals surface area contributed by atoms with Crippen LogP contribution >= 0.6 is 0 Å². The van der Waals surface area contributed by atoms with Crippen molar-refractivity contribution in [1.82, 2.24) is 9.97 Å². The Morgan fingerprint density at radius 3 is 2.48 bits per heavy atom. The van der Waals surface area contributed by atoms with Gasteiger partial charge >= 0.3 is 5.97 Å². The molecule has 0 spiro atoms. The lowest BCUT2D eigenvalue weighted by molar-refractivity contribution is -0.136. The number of rotatable bonds is 5. The van der Waals surface area contributed by atoms with Gasteiger partial charge in [0.2, 0.25) is 5.91 Å². The van der Waals surface area contributed by atoms with Gasteiger partial charge in [-0.15, -0.1) is 0 Å². The molecule has 25 heavy (non-hydrogen) atoms. The number of benzene rings is 1. The number of carbonyl (C=O) groups is 2. The van der Waals surface area contributed by atoms with Crippen molar-refractivity contribution in [2.75, 3.05) is 23.3 Å². The highest BCUT2D eigenvalue weighted by Gasteiger charge is 2.25. The van der Waals surface area contributed by atoms with E-state index >= 15 is 0 Å². The van der Waals surface area contributed by atoms with Gasteiger partial charge in [-0.05, 0) is 30.5 Å². The Morgan fingerprint density at radius 1 is 1.16 bits per heavy atom. The molecule has 0 saturated carbocycles. The summed E-state index contributed by atoms with van der Waals surface area (Å²) in [7, 11) is 0. The highest BCUT2D eigenvalue weighted by atomic mass is 16.4. The molecule has 0 unspecified atom stereocenters. The zero-order valence-electron chi connectivity index (χ0n) is 13.8. The first-order valence-corrected chi connectivity index (χ1v) is 8.24. The summed E-state index contributed by atoms with van der Waals surface area (Å²) in [6, 6.07) is 6.93. The van der Waals surface area contributed by atoms with Crippen LogP contribution in [0.2, 0.25) is 0 Å². The summed E-state index contributed by atoms with van der Waals surface area (Å²) in [4.78, 5) is 33.6. The van der Waals surface area contributed by atoms with Gasteiger partial charge in [0.25, 0.3) is 0 Å². The molecule has 7 heteroatoms. The standard InChI is InChI=1S/C18H20N4O3/c23-17(24)11-13-1-3-15(4-2-13)21-18(25)14-5-9-22(10-6-14)16-12-19-7-8-20-16/h1-4,7-8,12,14H,5-6,9-11H2,(H,21,25)(H,23,24). The largest absolute Gasteiger partial charge is 0.481 e. The minimum Gasteiger partial charge on any atom is -0.481 e. The third-order valence-corrected chi connectivity index (χ3v) is 4.32. The lowest BCUT2D eigenvalue weighted by atomic mass is 9.96. The Hall–Kier alpha value is -2.96. The van der Waals surface area contributed by atoms with Crippen LogP contribution in [-0.2, 0) is 16.0 Å². The molecule has 7 nitrogen and oxygen atoms in total. The van der Waals surface area contributed by atoms with E-state index in [1.165, 1.54) is 0 Å². The molecule has 1 aliphatic heterocycles. The predicted octanol–water partition coefficient (Wildman–Crippen LogP) is 1.96. The average molecular weight is 340 g/mol. The van der Waals surface area contributed by atoms with E-state index in [-0.39, 0.29) is 18.2 Å². The van der Waals surface area contributed by atoms with Gasteiger partial charge in [0.15, 0.2) is 0 Å². The second-order valence-electron chi connectivity index (χ2n) is 6.08. The van der Waals surface area contributed by atoms with Gasteiger partial charge < -0.3 is 15.3 Å². The van der Waals surface area contributed by atoms with E-state index in [4.69, 9.17) is 5.11 Å². The summed E-state index contributed by atoms with van der Waals surface area (Å²) < 4.78 is 0. The summed E-state index contributed by atoms with van der Waals surface area (Å²) in [6.07, 6.45) is 6.56. The van der Waals surface area contributed by atoms with Crippen LogP contribution in [0, 0.1) is 5.92 Å². The van der Waals surface area contributed by atoms with Crippen LogP contribution in [0.5, 0.6) is 0 Å². The first-order chi connectivity index (χ1) is 12.1. The fraction of sp³-hybridized carbons (Fsp3) is 0.333. The number of amides is 1. The van der Waals surface area contributed by atoms with Crippen molar-refractivity contribution in [3.05, 3.63) is 48.4 Å². The maximum atomic E-state index is 12.4. The number of anilines is 2. The average Bonchev–Trinajstić information content (AvgIpc) is 2.64. The van der Waals surface area contributed by atoms with Gasteiger partial charge in [0.1, 0.15) is 5.82 Å². The van der Waals surface area contributed by atoms with Crippen molar-refractivity contribution < 1.29 is 14.7 Å². The van der Waals surface area contributed by atoms with Crippen molar-refractivity contribution >= 4 is 23.4 Å². The maximum absolute atomic E-state index is 12.4. The first kappa shape index (κ1) is 16.9. The van der Waals surface area contributed by atoms with Crippen molar-refractivity contribution in [1.29, 1.82) is 0 Å². The fourth-order valence-electron chi connectivity index (χ4n) is 2.95. The van der Waals surface area contributed by atoms with E-state index < -0.39 is 5.97 Å². The highest BCUT2D eigenvalue weighted by Crippen LogP contribution is 2.22. The van der Waals surface area contributed by atoms with E-state index in [9.17, 15) is 9.59 Å². The van der Waals surface area contributed by atoms with Crippen LogP contribution in [-0.4, -0.2) is 40.0 Å². The van der Waals surface area contributed by atoms with Crippen molar-refractivity contribution in [3.63, 3.8) is 0 Å². The summed E-state index contributed by atoms with van der Waals surface area (Å²) in [5.41, 5.74) is 1.40. The number of hydrogen-bond acceptors (Lipinski definition) is 5. The number of aliphatic carboxylic acids is 1. The van der Waals surface area contributed by atoms with Gasteiger partial charge in [-0.25, -0.2) is 4.98 Å². The third kappa shape index (κ3) is 4.53. The lowest BCUT2D eigenvalue weighted by Gasteiger charge is -2.31. The molecule has 0 bridgehead atoms. The van der Waals surface area contributed by atoms with E-state index in [0.29, 0.717) is 11.3 Å². The molecule has 1 fully saturated rings. The summed E-state index contributed by atoms with van der Waals surface area (Å²) in [5.74, 6) is -0.0570. The molecule has 0 aliphatic carbocycles. The second-order valence-corrected chi connectivity index (χ2v) is 6.08. The van der Waals surface area contributed by atoms with Crippen LogP contribution in [0.25, 0.3) is 0 Å². The molecule has 2 N–H and O–H groups in total. The Morgan fingerprint density at radius 2 is 1.88 bits per heavy atom. The number of piperidine rings is 1. The van der Waals surface area contributed by atoms with Crippen molar-refractivity contribution in [2.24, 2.45) is 5.92 Å². The Balaban J connectivity index is 1.52. The molecule has 1 saturated heterocycles. The Bertz CT molecular complexity index is 726. The van der Waals surface area contributed by atoms with Gasteiger partial charge in [-0.3, -0.25) is 14.6 Å². The number of aromatic nitrogens is 2. The predicted molar refractivity (Wildman–Crippen MR) is 93.4 cm³/mol. The normalized spacial score (nSPS) is 15.0. The SMILES string of the molecule is O=C(O)Cc1ccc(NC(=O)C2CCN(c3cnccn3)CC2)cc1. The number of nitrogens with zero attached hydrogens (tertiary/aromatic N) is 3. The van der Waals surface area contributed by atoms with Crippen LogP contribution in [0.3, 0.4) is 0 Å². The van der Waals surface area contributed by atoms with E-state index in [0.717, 1.165) is 31.7 Å². The van der Waals surface area contributed by atoms with E-state index in [1.54, 1.807) is 42.9 Å². The van der Waals surface area contributed by atoms with E-state index in [2.05, 4.69) is 20.2 Å². The minimum atomic E-state index is -0.869. The number of carboxylic acids is 1. The molecule has 0 radical (unpaired) electrons. The molecule has 3 rings (SSSR count). The Labute approximate surface area is 145 Å². The molecule has 1 aromatic heterocycles. The topological polar surface area (TPSA) is 95.4 Å². The van der Waals surface area contributed by atoms with Crippen LogP contribution in [0.15, 0.2) is 42.9 Å². The van der Waals surface area contributed by atoms with Gasteiger partial charge in [0, 0.05) is 37.1 Å². The fourth-order valence-corrected chi connectivity index (χ4v) is 2.95. The van der Waals surface area contributed by atoms with Crippen LogP contribution in [0.4, 0.5) is 11.5 Å². The van der Waals surface area contributed by atoms with Crippen molar-refractivity contribution in [3.8, 4) is 0 Å². The molecular formula is C18H20N4O3. The lowest BCUT2D eigenvalue weighted by Crippen LogP contribution is -2.38. The molecule has 2 heterocycles. The molecule has 2 aromatic rings. The number of nitrogens with one attached hydrogen (secondary N) is 1. The second kappa shape index (κ2) is 7.74. The molecule has 0 atom stereocenters. The minimum absolute atomic E-state index is 0.00443. The summed E-state index contributed by atoms with van der Waals surface area (Å²) in [5, 5.41) is 11.7. The summed E-state index contributed by atoms with van der Waals surface area (Å²) >= 11 is 0. The van der Waals surface area contributed by atoms with Crippen LogP contribution < -0.4 is 10.2 Å². The smallest absolute Gasteiger partial charge is 0.307 e. The molecule has 130 valence electrons. The number of hydrogen-bond donors (Lipinski definition) is 2. The van der Waals surface area contributed by atoms with Gasteiger partial charge in [-0.1, -0.05) is 12.1 Å². The van der Waals surface area contributed by atoms with Crippen molar-refractivity contribution in [2.45, 2.75) is 19.3 Å². The molecule has 1 amide bonds. The molecule has 1 aliphatic rings. The maximum Gasteiger partial charge on any atom is 0.307 e. The van der Waals surface area contributed by atoms with Gasteiger partial charge in [0.05, 0.1) is 12.6 Å². The zero-order valence-corrected chi connectivity index (χ0v) is 13.8. The number of carboxylic acid groups (broad SMARTS) is 1. The Kier molecular flexibility index (Phi) is 5.23. The summed E-state index contributed by atoms with van der Waals surface area (Å²) in [6.45, 7) is 1.54. The first-order valence-electron chi connectivity index (χ1n) is 8.24. The molecule has 1 aromatic carbocycles. The highest BCUT2D eigenvalue weighted by molar-refractivity contribution is 5.92. The monoisotopic (exact) mass is 340 g/mol.